The minimum atomic E-state index is 0.680. The summed E-state index contributed by atoms with van der Waals surface area (Å²) in [5.41, 5.74) is 1.56. The molecule has 1 aromatic rings. The second-order valence-corrected chi connectivity index (χ2v) is 2.75. The highest BCUT2D eigenvalue weighted by atomic mass is 32.1. The molecule has 0 spiro atoms. The summed E-state index contributed by atoms with van der Waals surface area (Å²) in [4.78, 5) is 0. The Balaban J connectivity index is 2.77. The van der Waals surface area contributed by atoms with Crippen molar-refractivity contribution in [2.75, 3.05) is 17.6 Å². The maximum absolute atomic E-state index is 8.71. The Kier molecular flexibility index (Phi) is 3.49. The van der Waals surface area contributed by atoms with Crippen molar-refractivity contribution in [3.05, 3.63) is 29.8 Å². The maximum Gasteiger partial charge on any atom is 0.101 e. The van der Waals surface area contributed by atoms with E-state index in [1.807, 2.05) is 18.2 Å². The Labute approximate surface area is 77.6 Å². The smallest absolute Gasteiger partial charge is 0.101 e. The number of para-hydroxylation sites is 1. The Bertz CT molecular complexity index is 291. The number of hydrogen-bond acceptors (Lipinski definition) is 3. The highest BCUT2D eigenvalue weighted by Crippen LogP contribution is 2.12. The van der Waals surface area contributed by atoms with Gasteiger partial charge >= 0.3 is 0 Å². The van der Waals surface area contributed by atoms with Gasteiger partial charge in [0, 0.05) is 12.3 Å². The van der Waals surface area contributed by atoms with E-state index in [4.69, 9.17) is 5.26 Å². The van der Waals surface area contributed by atoms with Gasteiger partial charge < -0.3 is 5.32 Å². The van der Waals surface area contributed by atoms with E-state index in [-0.39, 0.29) is 0 Å². The molecule has 0 aromatic heterocycles. The molecule has 0 aliphatic carbocycles. The summed E-state index contributed by atoms with van der Waals surface area (Å²) in [6, 6.07) is 9.56. The van der Waals surface area contributed by atoms with Crippen LogP contribution < -0.4 is 5.32 Å². The molecular formula is C9H10N2S. The predicted molar refractivity (Wildman–Crippen MR) is 53.5 cm³/mol. The van der Waals surface area contributed by atoms with Crippen LogP contribution in [0, 0.1) is 11.3 Å². The molecule has 0 fully saturated rings. The largest absolute Gasteiger partial charge is 0.383 e. The first kappa shape index (κ1) is 8.95. The molecule has 0 heterocycles. The van der Waals surface area contributed by atoms with Crippen molar-refractivity contribution >= 4 is 18.3 Å². The Morgan fingerprint density at radius 2 is 2.17 bits per heavy atom. The minimum absolute atomic E-state index is 0.680. The molecule has 0 unspecified atom stereocenters. The summed E-state index contributed by atoms with van der Waals surface area (Å²) in [6.45, 7) is 0.780. The second-order valence-electron chi connectivity index (χ2n) is 2.31. The van der Waals surface area contributed by atoms with E-state index in [9.17, 15) is 0 Å². The number of anilines is 1. The fraction of sp³-hybridized carbons (Fsp3) is 0.222. The number of hydrogen-bond donors (Lipinski definition) is 2. The molecule has 0 saturated heterocycles. The summed E-state index contributed by atoms with van der Waals surface area (Å²) < 4.78 is 0. The van der Waals surface area contributed by atoms with E-state index in [0.717, 1.165) is 18.0 Å². The van der Waals surface area contributed by atoms with Gasteiger partial charge in [-0.15, -0.1) is 0 Å². The van der Waals surface area contributed by atoms with Gasteiger partial charge in [-0.05, 0) is 12.1 Å². The zero-order valence-electron chi connectivity index (χ0n) is 6.62. The summed E-state index contributed by atoms with van der Waals surface area (Å²) in [6.07, 6.45) is 0. The van der Waals surface area contributed by atoms with Gasteiger partial charge in [-0.25, -0.2) is 0 Å². The molecule has 0 amide bonds. The number of benzene rings is 1. The molecule has 0 aliphatic rings. The average Bonchev–Trinajstić information content (AvgIpc) is 2.15. The Morgan fingerprint density at radius 1 is 1.42 bits per heavy atom. The molecule has 0 atom stereocenters. The third-order valence-corrected chi connectivity index (χ3v) is 1.70. The quantitative estimate of drug-likeness (QED) is 0.693. The topological polar surface area (TPSA) is 35.8 Å². The number of rotatable bonds is 3. The SMILES string of the molecule is N#Cc1ccccc1NCCS. The van der Waals surface area contributed by atoms with Crippen LogP contribution in [0.15, 0.2) is 24.3 Å². The van der Waals surface area contributed by atoms with Crippen LogP contribution in [-0.2, 0) is 0 Å². The molecule has 0 aliphatic heterocycles. The van der Waals surface area contributed by atoms with Crippen LogP contribution in [-0.4, -0.2) is 12.3 Å². The van der Waals surface area contributed by atoms with E-state index in [1.165, 1.54) is 0 Å². The van der Waals surface area contributed by atoms with Crippen LogP contribution >= 0.6 is 12.6 Å². The number of nitrogens with one attached hydrogen (secondary N) is 1. The van der Waals surface area contributed by atoms with Crippen LogP contribution in [0.25, 0.3) is 0 Å². The van der Waals surface area contributed by atoms with Crippen molar-refractivity contribution < 1.29 is 0 Å². The zero-order valence-corrected chi connectivity index (χ0v) is 7.51. The van der Waals surface area contributed by atoms with E-state index < -0.39 is 0 Å². The summed E-state index contributed by atoms with van der Waals surface area (Å²) in [5, 5.41) is 11.8. The van der Waals surface area contributed by atoms with Crippen LogP contribution in [0.4, 0.5) is 5.69 Å². The fourth-order valence-electron chi connectivity index (χ4n) is 0.925. The molecule has 12 heavy (non-hydrogen) atoms. The van der Waals surface area contributed by atoms with Gasteiger partial charge in [0.2, 0.25) is 0 Å². The summed E-state index contributed by atoms with van der Waals surface area (Å²) in [5.74, 6) is 0.764. The average molecular weight is 178 g/mol. The third-order valence-electron chi connectivity index (χ3n) is 1.47. The Morgan fingerprint density at radius 3 is 2.83 bits per heavy atom. The first-order valence-electron chi connectivity index (χ1n) is 3.72. The van der Waals surface area contributed by atoms with Gasteiger partial charge in [0.25, 0.3) is 0 Å². The van der Waals surface area contributed by atoms with E-state index >= 15 is 0 Å². The van der Waals surface area contributed by atoms with Crippen molar-refractivity contribution in [3.63, 3.8) is 0 Å². The molecule has 1 aromatic carbocycles. The van der Waals surface area contributed by atoms with Crippen molar-refractivity contribution in [3.8, 4) is 6.07 Å². The lowest BCUT2D eigenvalue weighted by Gasteiger charge is -2.04. The van der Waals surface area contributed by atoms with Gasteiger partial charge in [-0.2, -0.15) is 17.9 Å². The highest BCUT2D eigenvalue weighted by molar-refractivity contribution is 7.80. The van der Waals surface area contributed by atoms with Crippen LogP contribution in [0.5, 0.6) is 0 Å². The molecule has 0 bridgehead atoms. The Hall–Kier alpha value is -1.14. The lowest BCUT2D eigenvalue weighted by Crippen LogP contribution is -2.03. The molecule has 3 heteroatoms. The highest BCUT2D eigenvalue weighted by Gasteiger charge is 1.96. The molecular weight excluding hydrogens is 168 g/mol. The van der Waals surface area contributed by atoms with Crippen LogP contribution in [0.3, 0.4) is 0 Å². The molecule has 0 saturated carbocycles. The number of nitrogens with zero attached hydrogens (tertiary/aromatic N) is 1. The normalized spacial score (nSPS) is 9.00. The lowest BCUT2D eigenvalue weighted by molar-refractivity contribution is 1.23. The number of thiol groups is 1. The molecule has 0 radical (unpaired) electrons. The van der Waals surface area contributed by atoms with Crippen molar-refractivity contribution in [1.29, 1.82) is 5.26 Å². The zero-order chi connectivity index (χ0) is 8.81. The van der Waals surface area contributed by atoms with E-state index in [1.54, 1.807) is 6.07 Å². The monoisotopic (exact) mass is 178 g/mol. The summed E-state index contributed by atoms with van der Waals surface area (Å²) in [7, 11) is 0. The molecule has 1 rings (SSSR count). The number of nitriles is 1. The first-order valence-corrected chi connectivity index (χ1v) is 4.35. The van der Waals surface area contributed by atoms with Gasteiger partial charge in [-0.1, -0.05) is 12.1 Å². The van der Waals surface area contributed by atoms with Gasteiger partial charge in [0.05, 0.1) is 11.3 Å². The fourth-order valence-corrected chi connectivity index (χ4v) is 1.04. The predicted octanol–water partition coefficient (Wildman–Crippen LogP) is 1.90. The van der Waals surface area contributed by atoms with Gasteiger partial charge in [0.1, 0.15) is 6.07 Å². The third kappa shape index (κ3) is 2.18. The van der Waals surface area contributed by atoms with Crippen LogP contribution in [0.1, 0.15) is 5.56 Å². The molecule has 1 N–H and O–H groups in total. The second kappa shape index (κ2) is 4.68. The van der Waals surface area contributed by atoms with Crippen LogP contribution in [0.2, 0.25) is 0 Å². The van der Waals surface area contributed by atoms with Gasteiger partial charge in [-0.3, -0.25) is 0 Å². The van der Waals surface area contributed by atoms with Crippen molar-refractivity contribution in [1.82, 2.24) is 0 Å². The lowest BCUT2D eigenvalue weighted by atomic mass is 10.2. The minimum Gasteiger partial charge on any atom is -0.383 e. The standard InChI is InChI=1S/C9H10N2S/c10-7-8-3-1-2-4-9(8)11-5-6-12/h1-4,11-12H,5-6H2. The van der Waals surface area contributed by atoms with E-state index in [2.05, 4.69) is 24.0 Å². The summed E-state index contributed by atoms with van der Waals surface area (Å²) >= 11 is 4.07. The maximum atomic E-state index is 8.71. The van der Waals surface area contributed by atoms with Crippen molar-refractivity contribution in [2.24, 2.45) is 0 Å². The molecule has 2 nitrogen and oxygen atoms in total. The van der Waals surface area contributed by atoms with E-state index in [0.29, 0.717) is 5.56 Å². The van der Waals surface area contributed by atoms with Crippen molar-refractivity contribution in [2.45, 2.75) is 0 Å². The van der Waals surface area contributed by atoms with Gasteiger partial charge in [0.15, 0.2) is 0 Å². The molecule has 62 valence electrons. The first-order chi connectivity index (χ1) is 5.88.